The molecule has 2 aromatic rings. The van der Waals surface area contributed by atoms with Gasteiger partial charge in [0.25, 0.3) is 5.56 Å². The molecule has 1 fully saturated rings. The molecule has 0 unspecified atom stereocenters. The van der Waals surface area contributed by atoms with Crippen LogP contribution in [0.15, 0.2) is 15.0 Å². The van der Waals surface area contributed by atoms with E-state index in [0.29, 0.717) is 16.4 Å². The molecule has 27 heavy (non-hydrogen) atoms. The topological polar surface area (TPSA) is 111 Å². The van der Waals surface area contributed by atoms with Crippen LogP contribution in [-0.2, 0) is 17.8 Å². The highest BCUT2D eigenvalue weighted by molar-refractivity contribution is 7.13. The summed E-state index contributed by atoms with van der Waals surface area (Å²) in [5, 5.41) is 5.35. The Morgan fingerprint density at radius 2 is 2.22 bits per heavy atom. The van der Waals surface area contributed by atoms with Crippen LogP contribution in [0.2, 0.25) is 0 Å². The van der Waals surface area contributed by atoms with E-state index in [2.05, 4.69) is 32.1 Å². The fourth-order valence-electron chi connectivity index (χ4n) is 3.44. The number of hydrogen-bond acceptors (Lipinski definition) is 6. The number of thiazole rings is 1. The first-order chi connectivity index (χ1) is 12.9. The maximum absolute atomic E-state index is 12.2. The van der Waals surface area contributed by atoms with Crippen LogP contribution >= 0.6 is 11.3 Å². The third-order valence-corrected chi connectivity index (χ3v) is 5.59. The van der Waals surface area contributed by atoms with Gasteiger partial charge in [-0.1, -0.05) is 6.92 Å². The molecule has 3 heterocycles. The minimum absolute atomic E-state index is 0.147. The number of likely N-dealkylation sites (tertiary alicyclic amines) is 1. The molecule has 3 N–H and O–H groups in total. The van der Waals surface area contributed by atoms with Crippen molar-refractivity contribution in [3.8, 4) is 0 Å². The number of aryl methyl sites for hydroxylation is 1. The molecule has 0 radical (unpaired) electrons. The number of nitrogens with zero attached hydrogens (tertiary/aromatic N) is 2. The summed E-state index contributed by atoms with van der Waals surface area (Å²) < 4.78 is 0. The molecule has 8 nitrogen and oxygen atoms in total. The highest BCUT2D eigenvalue weighted by Crippen LogP contribution is 2.21. The Morgan fingerprint density at radius 1 is 1.41 bits per heavy atom. The van der Waals surface area contributed by atoms with Crippen LogP contribution in [0.4, 0.5) is 5.13 Å². The van der Waals surface area contributed by atoms with Gasteiger partial charge in [0.15, 0.2) is 5.13 Å². The van der Waals surface area contributed by atoms with Crippen molar-refractivity contribution in [3.05, 3.63) is 43.2 Å². The van der Waals surface area contributed by atoms with Crippen molar-refractivity contribution < 1.29 is 4.79 Å². The van der Waals surface area contributed by atoms with Gasteiger partial charge < -0.3 is 10.3 Å². The normalized spacial score (nSPS) is 17.8. The fraction of sp³-hybridized carbons (Fsp3) is 0.556. The molecule has 2 aromatic heterocycles. The molecular formula is C18H25N5O3S. The van der Waals surface area contributed by atoms with Crippen LogP contribution in [0.1, 0.15) is 43.1 Å². The van der Waals surface area contributed by atoms with Crippen LogP contribution in [0.3, 0.4) is 0 Å². The maximum Gasteiger partial charge on any atom is 0.325 e. The van der Waals surface area contributed by atoms with E-state index in [1.54, 1.807) is 6.92 Å². The zero-order valence-corrected chi connectivity index (χ0v) is 16.4. The minimum Gasteiger partial charge on any atom is -0.311 e. The smallest absolute Gasteiger partial charge is 0.311 e. The molecule has 1 amide bonds. The van der Waals surface area contributed by atoms with Crippen molar-refractivity contribution in [1.29, 1.82) is 0 Å². The average molecular weight is 391 g/mol. The minimum atomic E-state index is -0.538. The van der Waals surface area contributed by atoms with Crippen molar-refractivity contribution in [2.24, 2.45) is 5.92 Å². The number of aromatic amines is 2. The monoisotopic (exact) mass is 391 g/mol. The number of carbonyl (C=O) groups excluding carboxylic acids is 1. The Bertz CT molecular complexity index is 916. The van der Waals surface area contributed by atoms with Gasteiger partial charge in [0, 0.05) is 36.1 Å². The zero-order chi connectivity index (χ0) is 19.4. The molecule has 1 saturated heterocycles. The number of H-pyrrole nitrogens is 2. The lowest BCUT2D eigenvalue weighted by atomic mass is 10.0. The number of rotatable bonds is 6. The van der Waals surface area contributed by atoms with Crippen molar-refractivity contribution in [2.45, 2.75) is 46.1 Å². The van der Waals surface area contributed by atoms with Gasteiger partial charge in [0.2, 0.25) is 5.91 Å². The summed E-state index contributed by atoms with van der Waals surface area (Å²) in [7, 11) is 0. The predicted octanol–water partition coefficient (Wildman–Crippen LogP) is 1.63. The quantitative estimate of drug-likeness (QED) is 0.693. The summed E-state index contributed by atoms with van der Waals surface area (Å²) in [4.78, 5) is 46.8. The van der Waals surface area contributed by atoms with Crippen LogP contribution in [0.25, 0.3) is 0 Å². The Labute approximate surface area is 161 Å². The Kier molecular flexibility index (Phi) is 6.22. The lowest BCUT2D eigenvalue weighted by molar-refractivity contribution is -0.116. The number of amides is 1. The van der Waals surface area contributed by atoms with Gasteiger partial charge in [0.1, 0.15) is 0 Å². The fourth-order valence-corrected chi connectivity index (χ4v) is 4.16. The lowest BCUT2D eigenvalue weighted by Crippen LogP contribution is -2.33. The Morgan fingerprint density at radius 3 is 2.96 bits per heavy atom. The summed E-state index contributed by atoms with van der Waals surface area (Å²) in [5.74, 6) is 0.517. The molecular weight excluding hydrogens is 366 g/mol. The van der Waals surface area contributed by atoms with Crippen molar-refractivity contribution in [2.75, 3.05) is 18.4 Å². The molecule has 9 heteroatoms. The molecule has 0 spiro atoms. The molecule has 146 valence electrons. The standard InChI is InChI=1S/C18H25N5O3S/c1-11-4-3-7-23(8-11)9-13-10-27-18(20-13)21-15(24)6-5-14-12(2)19-17(26)22-16(14)25/h10-11H,3-9H2,1-2H3,(H,20,21,24)(H2,19,22,25,26)/t11-/m0/s1. The second kappa shape index (κ2) is 8.62. The van der Waals surface area contributed by atoms with Crippen molar-refractivity contribution >= 4 is 22.4 Å². The SMILES string of the molecule is Cc1[nH]c(=O)[nH]c(=O)c1CCC(=O)Nc1nc(CN2CCC[C@H](C)C2)cs1. The third kappa shape index (κ3) is 5.36. The summed E-state index contributed by atoms with van der Waals surface area (Å²) in [6.07, 6.45) is 2.91. The van der Waals surface area contributed by atoms with Gasteiger partial charge in [-0.15, -0.1) is 11.3 Å². The second-order valence-electron chi connectivity index (χ2n) is 7.19. The molecule has 1 atom stereocenters. The van der Waals surface area contributed by atoms with Crippen molar-refractivity contribution in [3.63, 3.8) is 0 Å². The first kappa shape index (κ1) is 19.5. The van der Waals surface area contributed by atoms with E-state index in [1.165, 1.54) is 24.2 Å². The number of nitrogens with one attached hydrogen (secondary N) is 3. The van der Waals surface area contributed by atoms with E-state index in [4.69, 9.17) is 0 Å². The predicted molar refractivity (Wildman–Crippen MR) is 105 cm³/mol. The van der Waals surface area contributed by atoms with E-state index in [1.807, 2.05) is 5.38 Å². The van der Waals surface area contributed by atoms with Gasteiger partial charge >= 0.3 is 5.69 Å². The summed E-state index contributed by atoms with van der Waals surface area (Å²) in [5.41, 5.74) is 0.894. The molecule has 0 saturated carbocycles. The van der Waals surface area contributed by atoms with Gasteiger partial charge in [0.05, 0.1) is 5.69 Å². The first-order valence-electron chi connectivity index (χ1n) is 9.19. The molecule has 0 aromatic carbocycles. The van der Waals surface area contributed by atoms with E-state index in [9.17, 15) is 14.4 Å². The van der Waals surface area contributed by atoms with Crippen LogP contribution < -0.4 is 16.6 Å². The zero-order valence-electron chi connectivity index (χ0n) is 15.6. The lowest BCUT2D eigenvalue weighted by Gasteiger charge is -2.30. The van der Waals surface area contributed by atoms with Crippen LogP contribution in [0.5, 0.6) is 0 Å². The average Bonchev–Trinajstić information content (AvgIpc) is 3.00. The van der Waals surface area contributed by atoms with E-state index in [-0.39, 0.29) is 18.7 Å². The maximum atomic E-state index is 12.2. The van der Waals surface area contributed by atoms with Crippen LogP contribution in [0, 0.1) is 12.8 Å². The summed E-state index contributed by atoms with van der Waals surface area (Å²) in [6, 6.07) is 0. The molecule has 1 aliphatic heterocycles. The third-order valence-electron chi connectivity index (χ3n) is 4.78. The number of aromatic nitrogens is 3. The second-order valence-corrected chi connectivity index (χ2v) is 8.04. The summed E-state index contributed by atoms with van der Waals surface area (Å²) in [6.45, 7) is 6.91. The molecule has 0 aliphatic carbocycles. The summed E-state index contributed by atoms with van der Waals surface area (Å²) >= 11 is 1.41. The number of hydrogen-bond donors (Lipinski definition) is 3. The number of anilines is 1. The van der Waals surface area contributed by atoms with E-state index >= 15 is 0 Å². The van der Waals surface area contributed by atoms with E-state index in [0.717, 1.165) is 31.2 Å². The largest absolute Gasteiger partial charge is 0.325 e. The van der Waals surface area contributed by atoms with Crippen LogP contribution in [-0.4, -0.2) is 38.8 Å². The number of piperidine rings is 1. The van der Waals surface area contributed by atoms with Crippen molar-refractivity contribution in [1.82, 2.24) is 19.9 Å². The number of carbonyl (C=O) groups is 1. The highest BCUT2D eigenvalue weighted by Gasteiger charge is 2.17. The molecule has 1 aliphatic rings. The van der Waals surface area contributed by atoms with Gasteiger partial charge in [-0.2, -0.15) is 0 Å². The molecule has 0 bridgehead atoms. The highest BCUT2D eigenvalue weighted by atomic mass is 32.1. The van der Waals surface area contributed by atoms with E-state index < -0.39 is 11.2 Å². The molecule has 3 rings (SSSR count). The van der Waals surface area contributed by atoms with Gasteiger partial charge in [-0.25, -0.2) is 9.78 Å². The van der Waals surface area contributed by atoms with Gasteiger partial charge in [-0.3, -0.25) is 19.5 Å². The Hall–Kier alpha value is -2.26. The van der Waals surface area contributed by atoms with Gasteiger partial charge in [-0.05, 0) is 38.6 Å². The Balaban J connectivity index is 1.52. The first-order valence-corrected chi connectivity index (χ1v) is 10.1.